The van der Waals surface area contributed by atoms with E-state index in [1.807, 2.05) is 43.3 Å². The number of aliphatic hydroxyl groups excluding tert-OH is 1. The Kier molecular flexibility index (Phi) is 3.71. The smallest absolute Gasteiger partial charge is 0.0712 e. The summed E-state index contributed by atoms with van der Waals surface area (Å²) in [6, 6.07) is 20.4. The Bertz CT molecular complexity index is 791. The van der Waals surface area contributed by atoms with Crippen LogP contribution in [0.1, 0.15) is 26.3 Å². The van der Waals surface area contributed by atoms with Crippen molar-refractivity contribution in [2.75, 3.05) is 0 Å². The Morgan fingerprint density at radius 3 is 2.27 bits per heavy atom. The number of hydrogen-bond acceptors (Lipinski definition) is 2. The van der Waals surface area contributed by atoms with E-state index >= 15 is 0 Å². The number of nitrogens with zero attached hydrogens (tertiary/aromatic N) is 1. The molecule has 22 heavy (non-hydrogen) atoms. The minimum atomic E-state index is -0.443. The zero-order chi connectivity index (χ0) is 15.7. The van der Waals surface area contributed by atoms with Crippen LogP contribution in [0, 0.1) is 0 Å². The van der Waals surface area contributed by atoms with Crippen LogP contribution in [-0.2, 0) is 5.41 Å². The van der Waals surface area contributed by atoms with Crippen molar-refractivity contribution in [2.24, 2.45) is 0 Å². The van der Waals surface area contributed by atoms with E-state index in [4.69, 9.17) is 4.98 Å². The Hall–Kier alpha value is -2.19. The topological polar surface area (TPSA) is 33.1 Å². The Labute approximate surface area is 131 Å². The van der Waals surface area contributed by atoms with Gasteiger partial charge in [-0.1, -0.05) is 62.4 Å². The number of aliphatic hydroxyl groups is 1. The fourth-order valence-corrected chi connectivity index (χ4v) is 2.69. The maximum atomic E-state index is 10.2. The molecular weight excluding hydrogens is 270 g/mol. The Morgan fingerprint density at radius 2 is 1.59 bits per heavy atom. The summed E-state index contributed by atoms with van der Waals surface area (Å²) in [5.41, 5.74) is 3.80. The Morgan fingerprint density at radius 1 is 0.955 bits per heavy atom. The van der Waals surface area contributed by atoms with E-state index < -0.39 is 6.10 Å². The third kappa shape index (κ3) is 2.51. The maximum absolute atomic E-state index is 10.2. The number of pyridine rings is 1. The molecule has 2 aromatic carbocycles. The lowest BCUT2D eigenvalue weighted by atomic mass is 9.78. The molecule has 0 amide bonds. The molecule has 0 bridgehead atoms. The van der Waals surface area contributed by atoms with Crippen LogP contribution in [0.25, 0.3) is 22.2 Å². The second-order valence-electron chi connectivity index (χ2n) is 6.34. The molecule has 1 aromatic heterocycles. The van der Waals surface area contributed by atoms with Gasteiger partial charge in [0.15, 0.2) is 0 Å². The summed E-state index contributed by atoms with van der Waals surface area (Å²) in [7, 11) is 0. The summed E-state index contributed by atoms with van der Waals surface area (Å²) < 4.78 is 0. The van der Waals surface area contributed by atoms with Crippen molar-refractivity contribution in [3.63, 3.8) is 0 Å². The first-order valence-electron chi connectivity index (χ1n) is 7.64. The molecule has 1 unspecified atom stereocenters. The highest BCUT2D eigenvalue weighted by Crippen LogP contribution is 2.35. The molecule has 0 spiro atoms. The molecule has 1 heterocycles. The minimum absolute atomic E-state index is 0.341. The van der Waals surface area contributed by atoms with Gasteiger partial charge in [-0.3, -0.25) is 0 Å². The van der Waals surface area contributed by atoms with Crippen LogP contribution in [0.15, 0.2) is 60.7 Å². The molecule has 0 radical (unpaired) electrons. The number of benzene rings is 2. The van der Waals surface area contributed by atoms with Gasteiger partial charge in [0.25, 0.3) is 0 Å². The van der Waals surface area contributed by atoms with Gasteiger partial charge in [0.1, 0.15) is 0 Å². The number of aromatic nitrogens is 1. The number of rotatable bonds is 3. The van der Waals surface area contributed by atoms with Crippen molar-refractivity contribution in [2.45, 2.75) is 32.3 Å². The van der Waals surface area contributed by atoms with Crippen LogP contribution in [0.4, 0.5) is 0 Å². The van der Waals surface area contributed by atoms with Gasteiger partial charge in [0.2, 0.25) is 0 Å². The summed E-state index contributed by atoms with van der Waals surface area (Å²) in [6.45, 7) is 6.00. The molecular formula is C20H21NO. The molecule has 3 aromatic rings. The van der Waals surface area contributed by atoms with Gasteiger partial charge in [-0.15, -0.1) is 0 Å². The third-order valence-corrected chi connectivity index (χ3v) is 4.52. The fraction of sp³-hybridized carbons (Fsp3) is 0.250. The number of para-hydroxylation sites is 1. The molecule has 112 valence electrons. The van der Waals surface area contributed by atoms with Crippen LogP contribution in [-0.4, -0.2) is 16.2 Å². The van der Waals surface area contributed by atoms with E-state index in [1.165, 1.54) is 0 Å². The first-order chi connectivity index (χ1) is 10.5. The first kappa shape index (κ1) is 14.7. The molecule has 0 saturated carbocycles. The predicted octanol–water partition coefficient (Wildman–Crippen LogP) is 4.56. The third-order valence-electron chi connectivity index (χ3n) is 4.52. The number of fused-ring (bicyclic) bond motifs is 1. The second kappa shape index (κ2) is 5.54. The van der Waals surface area contributed by atoms with Crippen LogP contribution >= 0.6 is 0 Å². The lowest BCUT2D eigenvalue weighted by Gasteiger charge is -2.30. The maximum Gasteiger partial charge on any atom is 0.0712 e. The molecule has 0 aliphatic heterocycles. The van der Waals surface area contributed by atoms with E-state index in [1.54, 1.807) is 0 Å². The van der Waals surface area contributed by atoms with Gasteiger partial charge in [-0.05, 0) is 24.6 Å². The molecule has 0 fully saturated rings. The van der Waals surface area contributed by atoms with Gasteiger partial charge in [0, 0.05) is 16.4 Å². The Balaban J connectivity index is 2.30. The van der Waals surface area contributed by atoms with Crippen molar-refractivity contribution >= 4 is 10.9 Å². The molecule has 1 N–H and O–H groups in total. The zero-order valence-electron chi connectivity index (χ0n) is 13.2. The average Bonchev–Trinajstić information content (AvgIpc) is 2.54. The van der Waals surface area contributed by atoms with Crippen molar-refractivity contribution in [3.8, 4) is 11.3 Å². The predicted molar refractivity (Wildman–Crippen MR) is 91.9 cm³/mol. The lowest BCUT2D eigenvalue weighted by Crippen LogP contribution is -2.31. The molecule has 0 aliphatic rings. The molecule has 1 atom stereocenters. The molecule has 2 heteroatoms. The summed E-state index contributed by atoms with van der Waals surface area (Å²) in [4.78, 5) is 4.80. The van der Waals surface area contributed by atoms with Gasteiger partial charge < -0.3 is 5.11 Å². The minimum Gasteiger partial charge on any atom is -0.393 e. The second-order valence-corrected chi connectivity index (χ2v) is 6.34. The molecule has 3 rings (SSSR count). The van der Waals surface area contributed by atoms with E-state index in [0.29, 0.717) is 0 Å². The lowest BCUT2D eigenvalue weighted by molar-refractivity contribution is 0.119. The molecule has 2 nitrogen and oxygen atoms in total. The van der Waals surface area contributed by atoms with E-state index in [-0.39, 0.29) is 5.41 Å². The average molecular weight is 291 g/mol. The monoisotopic (exact) mass is 291 g/mol. The highest BCUT2D eigenvalue weighted by molar-refractivity contribution is 5.86. The van der Waals surface area contributed by atoms with Crippen molar-refractivity contribution in [3.05, 3.63) is 66.2 Å². The van der Waals surface area contributed by atoms with Gasteiger partial charge in [0.05, 0.1) is 17.3 Å². The number of hydrogen-bond donors (Lipinski definition) is 1. The standard InChI is InChI=1S/C20H21NO/c1-14(22)20(2,3)17-13-19(15-9-5-4-6-10-15)21-18-12-8-7-11-16(17)18/h4-14,22H,1-3H3. The van der Waals surface area contributed by atoms with Crippen molar-refractivity contribution in [1.82, 2.24) is 4.98 Å². The summed E-state index contributed by atoms with van der Waals surface area (Å²) >= 11 is 0. The molecule has 0 aliphatic carbocycles. The van der Waals surface area contributed by atoms with Crippen LogP contribution < -0.4 is 0 Å². The van der Waals surface area contributed by atoms with E-state index in [0.717, 1.165) is 27.7 Å². The van der Waals surface area contributed by atoms with Crippen molar-refractivity contribution in [1.29, 1.82) is 0 Å². The quantitative estimate of drug-likeness (QED) is 0.767. The van der Waals surface area contributed by atoms with Crippen LogP contribution in [0.3, 0.4) is 0 Å². The highest BCUT2D eigenvalue weighted by atomic mass is 16.3. The van der Waals surface area contributed by atoms with E-state index in [2.05, 4.69) is 38.1 Å². The summed E-state index contributed by atoms with van der Waals surface area (Å²) in [6.07, 6.45) is -0.443. The largest absolute Gasteiger partial charge is 0.393 e. The van der Waals surface area contributed by atoms with Crippen molar-refractivity contribution < 1.29 is 5.11 Å². The zero-order valence-corrected chi connectivity index (χ0v) is 13.2. The highest BCUT2D eigenvalue weighted by Gasteiger charge is 2.29. The fourth-order valence-electron chi connectivity index (χ4n) is 2.69. The van der Waals surface area contributed by atoms with E-state index in [9.17, 15) is 5.11 Å². The summed E-state index contributed by atoms with van der Waals surface area (Å²) in [5.74, 6) is 0. The van der Waals surface area contributed by atoms with Crippen LogP contribution in [0.2, 0.25) is 0 Å². The summed E-state index contributed by atoms with van der Waals surface area (Å²) in [5, 5.41) is 11.3. The normalized spacial score (nSPS) is 13.3. The van der Waals surface area contributed by atoms with Crippen LogP contribution in [0.5, 0.6) is 0 Å². The molecule has 0 saturated heterocycles. The van der Waals surface area contributed by atoms with Gasteiger partial charge >= 0.3 is 0 Å². The first-order valence-corrected chi connectivity index (χ1v) is 7.64. The SMILES string of the molecule is CC(O)C(C)(C)c1cc(-c2ccccc2)nc2ccccc12. The van der Waals surface area contributed by atoms with Gasteiger partial charge in [-0.2, -0.15) is 0 Å². The van der Waals surface area contributed by atoms with Gasteiger partial charge in [-0.25, -0.2) is 4.98 Å².